The van der Waals surface area contributed by atoms with Crippen molar-refractivity contribution in [3.8, 4) is 0 Å². The Bertz CT molecular complexity index is 347. The molecule has 2 N–H and O–H groups in total. The van der Waals surface area contributed by atoms with Gasteiger partial charge in [0.15, 0.2) is 0 Å². The molecule has 0 spiro atoms. The Balaban J connectivity index is 0.00000225. The van der Waals surface area contributed by atoms with E-state index in [0.717, 1.165) is 0 Å². The predicted molar refractivity (Wildman–Crippen MR) is 64.7 cm³/mol. The van der Waals surface area contributed by atoms with Crippen molar-refractivity contribution in [3.63, 3.8) is 0 Å². The molecule has 0 unspecified atom stereocenters. The topological polar surface area (TPSA) is 65.2 Å². The third kappa shape index (κ3) is 4.35. The van der Waals surface area contributed by atoms with Gasteiger partial charge in [-0.3, -0.25) is 9.78 Å². The van der Waals surface area contributed by atoms with Crippen LogP contribution in [0.25, 0.3) is 0 Å². The Morgan fingerprint density at radius 3 is 2.94 bits per heavy atom. The summed E-state index contributed by atoms with van der Waals surface area (Å²) in [5.74, 6) is -0.321. The van der Waals surface area contributed by atoms with E-state index in [1.807, 2.05) is 0 Å². The number of halogens is 2. The lowest BCUT2D eigenvalue weighted by molar-refractivity contribution is -0.143. The second-order valence-corrected chi connectivity index (χ2v) is 3.42. The summed E-state index contributed by atoms with van der Waals surface area (Å²) in [6, 6.07) is 1.26. The van der Waals surface area contributed by atoms with E-state index in [0.29, 0.717) is 17.2 Å². The van der Waals surface area contributed by atoms with Gasteiger partial charge in [0.2, 0.25) is 0 Å². The number of pyridine rings is 1. The van der Waals surface area contributed by atoms with Gasteiger partial charge in [-0.05, 0) is 18.6 Å². The molecule has 0 fully saturated rings. The summed E-state index contributed by atoms with van der Waals surface area (Å²) in [6.07, 6.45) is 3.21. The van der Waals surface area contributed by atoms with E-state index in [9.17, 15) is 4.79 Å². The van der Waals surface area contributed by atoms with E-state index >= 15 is 0 Å². The first kappa shape index (κ1) is 15.2. The van der Waals surface area contributed by atoms with Gasteiger partial charge in [-0.15, -0.1) is 12.4 Å². The zero-order valence-electron chi connectivity index (χ0n) is 8.85. The Morgan fingerprint density at radius 2 is 2.38 bits per heavy atom. The summed E-state index contributed by atoms with van der Waals surface area (Å²) >= 11 is 5.89. The first-order valence-corrected chi connectivity index (χ1v) is 5.03. The monoisotopic (exact) mass is 264 g/mol. The highest BCUT2D eigenvalue weighted by Gasteiger charge is 2.14. The normalized spacial score (nSPS) is 11.4. The number of hydrogen-bond acceptors (Lipinski definition) is 4. The molecule has 1 heterocycles. The molecule has 0 aliphatic heterocycles. The van der Waals surface area contributed by atoms with Gasteiger partial charge in [0, 0.05) is 18.4 Å². The van der Waals surface area contributed by atoms with Crippen molar-refractivity contribution in [1.82, 2.24) is 4.98 Å². The lowest BCUT2D eigenvalue weighted by atomic mass is 10.1. The number of nitrogens with two attached hydrogens (primary N) is 1. The standard InChI is InChI=1S/C10H13ClN2O2.ClH/c1-2-15-10(14)5-9(12)7-3-4-13-6-8(7)11;/h3-4,6,9H,2,5,12H2,1H3;1H/t9-;/m0./s1. The second kappa shape index (κ2) is 7.44. The van der Waals surface area contributed by atoms with Crippen molar-refractivity contribution < 1.29 is 9.53 Å². The molecule has 0 saturated heterocycles. The average Bonchev–Trinajstić information content (AvgIpc) is 2.18. The molecular weight excluding hydrogens is 251 g/mol. The minimum Gasteiger partial charge on any atom is -0.466 e. The largest absolute Gasteiger partial charge is 0.466 e. The van der Waals surface area contributed by atoms with E-state index in [4.69, 9.17) is 22.1 Å². The Hall–Kier alpha value is -0.840. The first-order valence-electron chi connectivity index (χ1n) is 4.65. The highest BCUT2D eigenvalue weighted by molar-refractivity contribution is 6.31. The van der Waals surface area contributed by atoms with Crippen LogP contribution < -0.4 is 5.73 Å². The van der Waals surface area contributed by atoms with Gasteiger partial charge in [0.05, 0.1) is 18.1 Å². The lowest BCUT2D eigenvalue weighted by Gasteiger charge is -2.12. The molecule has 0 radical (unpaired) electrons. The Labute approximate surface area is 106 Å². The maximum absolute atomic E-state index is 11.2. The molecule has 0 saturated carbocycles. The summed E-state index contributed by atoms with van der Waals surface area (Å²) in [6.45, 7) is 2.11. The van der Waals surface area contributed by atoms with Crippen molar-refractivity contribution in [2.24, 2.45) is 5.73 Å². The molecule has 0 aliphatic carbocycles. The molecule has 90 valence electrons. The van der Waals surface area contributed by atoms with Crippen LogP contribution in [0.5, 0.6) is 0 Å². The molecule has 0 amide bonds. The molecule has 1 aromatic heterocycles. The zero-order valence-corrected chi connectivity index (χ0v) is 10.4. The highest BCUT2D eigenvalue weighted by atomic mass is 35.5. The minimum atomic E-state index is -0.445. The molecule has 4 nitrogen and oxygen atoms in total. The number of carbonyl (C=O) groups is 1. The van der Waals surface area contributed by atoms with Crippen molar-refractivity contribution in [1.29, 1.82) is 0 Å². The highest BCUT2D eigenvalue weighted by Crippen LogP contribution is 2.22. The van der Waals surface area contributed by atoms with Crippen LogP contribution >= 0.6 is 24.0 Å². The van der Waals surface area contributed by atoms with Crippen LogP contribution in [0.4, 0.5) is 0 Å². The van der Waals surface area contributed by atoms with Crippen molar-refractivity contribution in [2.75, 3.05) is 6.61 Å². The Morgan fingerprint density at radius 1 is 1.69 bits per heavy atom. The number of esters is 1. The number of hydrogen-bond donors (Lipinski definition) is 1. The predicted octanol–water partition coefficient (Wildman–Crippen LogP) is 2.11. The van der Waals surface area contributed by atoms with Gasteiger partial charge in [-0.2, -0.15) is 0 Å². The third-order valence-corrected chi connectivity index (χ3v) is 2.21. The molecule has 6 heteroatoms. The molecule has 1 rings (SSSR count). The van der Waals surface area contributed by atoms with Crippen LogP contribution in [0.15, 0.2) is 18.5 Å². The fourth-order valence-electron chi connectivity index (χ4n) is 1.20. The Kier molecular flexibility index (Phi) is 7.05. The van der Waals surface area contributed by atoms with E-state index in [1.54, 1.807) is 19.2 Å². The lowest BCUT2D eigenvalue weighted by Crippen LogP contribution is -2.17. The van der Waals surface area contributed by atoms with Crippen LogP contribution in [0.1, 0.15) is 24.9 Å². The van der Waals surface area contributed by atoms with E-state index in [2.05, 4.69) is 4.98 Å². The maximum atomic E-state index is 11.2. The molecular formula is C10H14Cl2N2O2. The maximum Gasteiger partial charge on any atom is 0.307 e. The van der Waals surface area contributed by atoms with Crippen LogP contribution in [-0.2, 0) is 9.53 Å². The smallest absolute Gasteiger partial charge is 0.307 e. The minimum absolute atomic E-state index is 0. The number of ether oxygens (including phenoxy) is 1. The van der Waals surface area contributed by atoms with Crippen LogP contribution in [0.3, 0.4) is 0 Å². The fourth-order valence-corrected chi connectivity index (χ4v) is 1.46. The molecule has 1 atom stereocenters. The molecule has 0 aromatic carbocycles. The van der Waals surface area contributed by atoms with Gasteiger partial charge in [0.1, 0.15) is 0 Å². The summed E-state index contributed by atoms with van der Waals surface area (Å²) in [4.78, 5) is 15.0. The van der Waals surface area contributed by atoms with Gasteiger partial charge < -0.3 is 10.5 Å². The summed E-state index contributed by atoms with van der Waals surface area (Å²) in [5.41, 5.74) is 6.52. The van der Waals surface area contributed by atoms with Crippen molar-refractivity contribution in [2.45, 2.75) is 19.4 Å². The molecule has 1 aromatic rings. The second-order valence-electron chi connectivity index (χ2n) is 3.01. The summed E-state index contributed by atoms with van der Waals surface area (Å²) in [7, 11) is 0. The van der Waals surface area contributed by atoms with Gasteiger partial charge in [-0.1, -0.05) is 11.6 Å². The molecule has 0 aliphatic rings. The molecule has 16 heavy (non-hydrogen) atoms. The van der Waals surface area contributed by atoms with E-state index in [1.165, 1.54) is 6.20 Å². The van der Waals surface area contributed by atoms with Crippen LogP contribution in [0, 0.1) is 0 Å². The SMILES string of the molecule is CCOC(=O)C[C@H](N)c1ccncc1Cl.Cl. The van der Waals surface area contributed by atoms with Crippen molar-refractivity contribution >= 4 is 30.0 Å². The first-order chi connectivity index (χ1) is 7.15. The van der Waals surface area contributed by atoms with Gasteiger partial charge in [-0.25, -0.2) is 0 Å². The van der Waals surface area contributed by atoms with Gasteiger partial charge in [0.25, 0.3) is 0 Å². The number of carbonyl (C=O) groups excluding carboxylic acids is 1. The fraction of sp³-hybridized carbons (Fsp3) is 0.400. The van der Waals surface area contributed by atoms with E-state index < -0.39 is 6.04 Å². The number of rotatable bonds is 4. The van der Waals surface area contributed by atoms with Crippen LogP contribution in [-0.4, -0.2) is 17.6 Å². The molecule has 0 bridgehead atoms. The summed E-state index contributed by atoms with van der Waals surface area (Å²) < 4.78 is 4.80. The van der Waals surface area contributed by atoms with Crippen molar-refractivity contribution in [3.05, 3.63) is 29.0 Å². The third-order valence-electron chi connectivity index (χ3n) is 1.90. The number of nitrogens with zero attached hydrogens (tertiary/aromatic N) is 1. The number of aromatic nitrogens is 1. The average molecular weight is 265 g/mol. The van der Waals surface area contributed by atoms with Crippen LogP contribution in [0.2, 0.25) is 5.02 Å². The quantitative estimate of drug-likeness (QED) is 0.847. The van der Waals surface area contributed by atoms with Gasteiger partial charge >= 0.3 is 5.97 Å². The zero-order chi connectivity index (χ0) is 11.3. The summed E-state index contributed by atoms with van der Waals surface area (Å²) in [5, 5.41) is 0.467. The van der Waals surface area contributed by atoms with E-state index in [-0.39, 0.29) is 24.8 Å².